The molecule has 0 saturated carbocycles. The van der Waals surface area contributed by atoms with E-state index in [0.717, 1.165) is 37.7 Å². The van der Waals surface area contributed by atoms with Gasteiger partial charge in [0.2, 0.25) is 0 Å². The van der Waals surface area contributed by atoms with Gasteiger partial charge in [0.05, 0.1) is 20.3 Å². The fraction of sp³-hybridized carbons (Fsp3) is 0.520. The summed E-state index contributed by atoms with van der Waals surface area (Å²) < 4.78 is 16.9. The molecule has 0 aliphatic carbocycles. The van der Waals surface area contributed by atoms with Crippen LogP contribution in [0.15, 0.2) is 41.3 Å². The number of ketones is 1. The van der Waals surface area contributed by atoms with Crippen molar-refractivity contribution in [3.8, 4) is 11.5 Å². The van der Waals surface area contributed by atoms with Crippen molar-refractivity contribution in [2.75, 3.05) is 14.2 Å². The highest BCUT2D eigenvalue weighted by Gasteiger charge is 2.18. The van der Waals surface area contributed by atoms with Crippen LogP contribution in [-0.4, -0.2) is 26.1 Å². The van der Waals surface area contributed by atoms with E-state index in [1.165, 1.54) is 0 Å². The number of carbonyl (C=O) groups excluding carboxylic acids is 1. The van der Waals surface area contributed by atoms with Crippen molar-refractivity contribution >= 4 is 11.9 Å². The summed E-state index contributed by atoms with van der Waals surface area (Å²) in [6.07, 6.45) is 9.10. The Hall–Kier alpha value is -2.45. The molecular formula is C25H36O4. The van der Waals surface area contributed by atoms with E-state index in [1.807, 2.05) is 44.2 Å². The van der Waals surface area contributed by atoms with E-state index in [2.05, 4.69) is 19.6 Å². The van der Waals surface area contributed by atoms with Crippen LogP contribution in [-0.2, 0) is 9.53 Å². The van der Waals surface area contributed by atoms with Crippen LogP contribution in [0.3, 0.4) is 0 Å². The zero-order valence-electron chi connectivity index (χ0n) is 18.8. The molecule has 0 unspecified atom stereocenters. The highest BCUT2D eigenvalue weighted by atomic mass is 16.5. The predicted molar refractivity (Wildman–Crippen MR) is 119 cm³/mol. The maximum absolute atomic E-state index is 12.9. The van der Waals surface area contributed by atoms with Crippen molar-refractivity contribution in [1.29, 1.82) is 0 Å². The van der Waals surface area contributed by atoms with Gasteiger partial charge in [0.25, 0.3) is 0 Å². The molecule has 0 atom stereocenters. The molecule has 1 aromatic rings. The Bertz CT molecular complexity index is 737. The maximum Gasteiger partial charge on any atom is 0.174 e. The molecule has 0 N–H and O–H groups in total. The summed E-state index contributed by atoms with van der Waals surface area (Å²) in [4.78, 5) is 12.9. The first-order valence-corrected chi connectivity index (χ1v) is 10.6. The minimum absolute atomic E-state index is 0.0546. The summed E-state index contributed by atoms with van der Waals surface area (Å²) in [7, 11) is 3.23. The van der Waals surface area contributed by atoms with Crippen molar-refractivity contribution in [2.24, 2.45) is 0 Å². The Labute approximate surface area is 176 Å². The number of benzene rings is 1. The number of hydrogen-bond acceptors (Lipinski definition) is 4. The third-order valence-electron chi connectivity index (χ3n) is 4.32. The van der Waals surface area contributed by atoms with Gasteiger partial charge in [0.1, 0.15) is 22.8 Å². The quantitative estimate of drug-likeness (QED) is 0.125. The van der Waals surface area contributed by atoms with Crippen molar-refractivity contribution < 1.29 is 19.0 Å². The average Bonchev–Trinajstić information content (AvgIpc) is 2.71. The molecule has 4 nitrogen and oxygen atoms in total. The monoisotopic (exact) mass is 400 g/mol. The minimum atomic E-state index is -0.0723. The molecule has 0 amide bonds. The van der Waals surface area contributed by atoms with E-state index in [-0.39, 0.29) is 11.9 Å². The molecule has 0 radical (unpaired) electrons. The number of rotatable bonds is 13. The summed E-state index contributed by atoms with van der Waals surface area (Å²) in [6, 6.07) is 5.58. The van der Waals surface area contributed by atoms with Crippen LogP contribution in [0.4, 0.5) is 0 Å². The van der Waals surface area contributed by atoms with Crippen molar-refractivity contribution in [3.05, 3.63) is 46.9 Å². The van der Waals surface area contributed by atoms with Crippen LogP contribution in [0.25, 0.3) is 6.08 Å². The van der Waals surface area contributed by atoms with E-state index < -0.39 is 0 Å². The van der Waals surface area contributed by atoms with Gasteiger partial charge in [-0.15, -0.1) is 5.73 Å². The zero-order chi connectivity index (χ0) is 21.6. The maximum atomic E-state index is 12.9. The lowest BCUT2D eigenvalue weighted by Gasteiger charge is -2.16. The Morgan fingerprint density at radius 3 is 2.41 bits per heavy atom. The molecule has 0 saturated heterocycles. The number of methoxy groups -OCH3 is 2. The molecule has 1 rings (SSSR count). The second kappa shape index (κ2) is 13.7. The van der Waals surface area contributed by atoms with Gasteiger partial charge in [0, 0.05) is 18.1 Å². The van der Waals surface area contributed by atoms with Gasteiger partial charge in [-0.25, -0.2) is 0 Å². The van der Waals surface area contributed by atoms with Crippen molar-refractivity contribution in [3.63, 3.8) is 0 Å². The van der Waals surface area contributed by atoms with Crippen molar-refractivity contribution in [2.45, 2.75) is 72.3 Å². The smallest absolute Gasteiger partial charge is 0.174 e. The highest BCUT2D eigenvalue weighted by molar-refractivity contribution is 6.00. The van der Waals surface area contributed by atoms with Crippen molar-refractivity contribution in [1.82, 2.24) is 0 Å². The molecule has 0 bridgehead atoms. The van der Waals surface area contributed by atoms with Crippen LogP contribution in [0.1, 0.15) is 71.8 Å². The number of hydrogen-bond donors (Lipinski definition) is 0. The summed E-state index contributed by atoms with van der Waals surface area (Å²) in [5.41, 5.74) is 4.55. The van der Waals surface area contributed by atoms with E-state index in [4.69, 9.17) is 14.2 Å². The van der Waals surface area contributed by atoms with Gasteiger partial charge in [-0.2, -0.15) is 0 Å². The molecule has 0 aromatic heterocycles. The largest absolute Gasteiger partial charge is 0.497 e. The molecule has 0 aliphatic rings. The molecule has 0 spiro atoms. The summed E-state index contributed by atoms with van der Waals surface area (Å²) >= 11 is 0. The molecule has 1 aromatic carbocycles. The average molecular weight is 401 g/mol. The SMILES string of the molecule is CCCCC=C=C(C(=O)CCCC)/C(=C\c1ccc(OC)cc1OC)OC(C)C. The Balaban J connectivity index is 3.46. The first kappa shape index (κ1) is 24.6. The molecule has 0 aliphatic heterocycles. The van der Waals surface area contributed by atoms with Gasteiger partial charge in [0.15, 0.2) is 5.78 Å². The van der Waals surface area contributed by atoms with E-state index in [0.29, 0.717) is 29.3 Å². The van der Waals surface area contributed by atoms with Gasteiger partial charge >= 0.3 is 0 Å². The molecular weight excluding hydrogens is 364 g/mol. The second-order valence-corrected chi connectivity index (χ2v) is 7.18. The number of allylic oxidation sites excluding steroid dienone is 1. The first-order chi connectivity index (χ1) is 14.0. The zero-order valence-corrected chi connectivity index (χ0v) is 18.8. The lowest BCUT2D eigenvalue weighted by Crippen LogP contribution is -2.11. The number of ether oxygens (including phenoxy) is 3. The number of carbonyl (C=O) groups is 1. The third kappa shape index (κ3) is 8.62. The topological polar surface area (TPSA) is 44.8 Å². The fourth-order valence-electron chi connectivity index (χ4n) is 2.73. The molecule has 0 fully saturated rings. The number of unbranched alkanes of at least 4 members (excludes halogenated alkanes) is 3. The predicted octanol–water partition coefficient (Wildman–Crippen LogP) is 6.50. The van der Waals surface area contributed by atoms with Crippen LogP contribution >= 0.6 is 0 Å². The molecule has 29 heavy (non-hydrogen) atoms. The molecule has 4 heteroatoms. The Morgan fingerprint density at radius 2 is 1.83 bits per heavy atom. The highest BCUT2D eigenvalue weighted by Crippen LogP contribution is 2.29. The van der Waals surface area contributed by atoms with Crippen LogP contribution < -0.4 is 9.47 Å². The summed E-state index contributed by atoms with van der Waals surface area (Å²) in [5, 5.41) is 0. The van der Waals surface area contributed by atoms with Gasteiger partial charge in [-0.3, -0.25) is 4.79 Å². The Kier molecular flexibility index (Phi) is 11.6. The van der Waals surface area contributed by atoms with Crippen LogP contribution in [0.2, 0.25) is 0 Å². The lowest BCUT2D eigenvalue weighted by molar-refractivity contribution is -0.115. The molecule has 160 valence electrons. The lowest BCUT2D eigenvalue weighted by atomic mass is 10.0. The standard InChI is InChI=1S/C25H36O4/c1-7-9-11-12-13-22(23(26)14-10-8-2)25(29-19(3)4)17-20-15-16-21(27-5)18-24(20)28-6/h12,15-19H,7-11,14H2,1-6H3/b25-17+. The van der Waals surface area contributed by atoms with Crippen LogP contribution in [0.5, 0.6) is 11.5 Å². The van der Waals surface area contributed by atoms with E-state index in [9.17, 15) is 4.79 Å². The van der Waals surface area contributed by atoms with E-state index >= 15 is 0 Å². The second-order valence-electron chi connectivity index (χ2n) is 7.18. The number of Topliss-reactive ketones (excluding diaryl/α,β-unsaturated/α-hetero) is 1. The van der Waals surface area contributed by atoms with E-state index in [1.54, 1.807) is 14.2 Å². The fourth-order valence-corrected chi connectivity index (χ4v) is 2.73. The third-order valence-corrected chi connectivity index (χ3v) is 4.32. The van der Waals surface area contributed by atoms with Gasteiger partial charge in [-0.1, -0.05) is 26.7 Å². The first-order valence-electron chi connectivity index (χ1n) is 10.6. The normalized spacial score (nSPS) is 11.1. The van der Waals surface area contributed by atoms with Gasteiger partial charge < -0.3 is 14.2 Å². The summed E-state index contributed by atoms with van der Waals surface area (Å²) in [6.45, 7) is 8.13. The van der Waals surface area contributed by atoms with Crippen LogP contribution in [0, 0.1) is 0 Å². The molecule has 0 heterocycles. The Morgan fingerprint density at radius 1 is 1.10 bits per heavy atom. The summed E-state index contributed by atoms with van der Waals surface area (Å²) in [5.74, 6) is 1.94. The van der Waals surface area contributed by atoms with Gasteiger partial charge in [-0.05, 0) is 57.4 Å². The minimum Gasteiger partial charge on any atom is -0.497 e.